The molecule has 0 atom stereocenters. The summed E-state index contributed by atoms with van der Waals surface area (Å²) in [6.07, 6.45) is 40.0. The second-order valence-electron chi connectivity index (χ2n) is 8.19. The van der Waals surface area contributed by atoms with Crippen LogP contribution in [0.15, 0.2) is 0 Å². The van der Waals surface area contributed by atoms with E-state index >= 15 is 0 Å². The van der Waals surface area contributed by atoms with Crippen LogP contribution in [0.3, 0.4) is 0 Å². The summed E-state index contributed by atoms with van der Waals surface area (Å²) >= 11 is 0. The molecule has 2 nitrogen and oxygen atoms in total. The second-order valence-corrected chi connectivity index (χ2v) is 8.19. The van der Waals surface area contributed by atoms with Gasteiger partial charge in [0.2, 0.25) is 0 Å². The van der Waals surface area contributed by atoms with Gasteiger partial charge in [-0.15, -0.1) is 0 Å². The van der Waals surface area contributed by atoms with Crippen molar-refractivity contribution in [2.45, 2.75) is 52.7 Å². The maximum atomic E-state index is 8.52. The molecule has 4 rings (SSSR count). The van der Waals surface area contributed by atoms with Gasteiger partial charge in [-0.3, -0.25) is 0 Å². The zero-order valence-electron chi connectivity index (χ0n) is 20.3. The van der Waals surface area contributed by atoms with E-state index in [2.05, 4.69) is 0 Å². The monoisotopic (exact) mass is 512 g/mol. The van der Waals surface area contributed by atoms with E-state index < -0.39 is 11.2 Å². The van der Waals surface area contributed by atoms with Gasteiger partial charge in [0.1, 0.15) is 0 Å². The Labute approximate surface area is 225 Å². The van der Waals surface area contributed by atoms with E-state index in [0.29, 0.717) is 0 Å². The molecule has 176 valence electrons. The second kappa shape index (κ2) is 28.2. The van der Waals surface area contributed by atoms with E-state index in [0.717, 1.165) is 0 Å². The van der Waals surface area contributed by atoms with E-state index in [1.54, 1.807) is 41.5 Å². The molecule has 0 aromatic rings. The van der Waals surface area contributed by atoms with Gasteiger partial charge in [-0.25, -0.2) is 0 Å². The Kier molecular flexibility index (Phi) is 35.4. The van der Waals surface area contributed by atoms with Crippen molar-refractivity contribution in [2.24, 2.45) is 0 Å². The number of hydrogen-bond acceptors (Lipinski definition) is 2. The SMILES string of the molecule is CC(C)(C)O.CC(C)(C)O.[CH]1[CH][CH][CH][CH]1.[CH]1[CH][CH][CH][CH]1.[CH]1[CH][CH][CH][CH]1.[CH]1[CH][CH][CH][CH]1.[Cr].[Cr]. The first-order valence-electron chi connectivity index (χ1n) is 10.1. The molecular formula is C28H40Cr2O2. The van der Waals surface area contributed by atoms with Gasteiger partial charge < -0.3 is 10.2 Å². The average Bonchev–Trinajstić information content (AvgIpc) is 3.51. The van der Waals surface area contributed by atoms with E-state index in [-0.39, 0.29) is 34.7 Å². The van der Waals surface area contributed by atoms with Gasteiger partial charge >= 0.3 is 0 Å². The van der Waals surface area contributed by atoms with Gasteiger partial charge in [0.05, 0.1) is 11.2 Å². The van der Waals surface area contributed by atoms with Crippen LogP contribution in [-0.4, -0.2) is 21.4 Å². The fourth-order valence-electron chi connectivity index (χ4n) is 1.28. The molecule has 4 fully saturated rings. The molecule has 0 aromatic heterocycles. The molecule has 4 aliphatic rings. The normalized spacial score (nSPS) is 18.8. The van der Waals surface area contributed by atoms with Gasteiger partial charge in [0.25, 0.3) is 0 Å². The number of rotatable bonds is 0. The largest absolute Gasteiger partial charge is 0.391 e. The van der Waals surface area contributed by atoms with Crippen molar-refractivity contribution in [3.05, 3.63) is 128 Å². The van der Waals surface area contributed by atoms with Crippen LogP contribution in [0, 0.1) is 128 Å². The molecule has 4 saturated carbocycles. The maximum absolute atomic E-state index is 8.52. The first kappa shape index (κ1) is 40.2. The molecule has 0 amide bonds. The summed E-state index contributed by atoms with van der Waals surface area (Å²) in [4.78, 5) is 0. The van der Waals surface area contributed by atoms with Crippen molar-refractivity contribution in [2.75, 3.05) is 0 Å². The standard InChI is InChI=1S/4C5H5.2C4H10O.2Cr/c4*1-2-4-5-3-1;2*1-4(2,3)5;;/h4*1-5H;2*5H,1-3H3;;. The Morgan fingerprint density at radius 1 is 0.281 bits per heavy atom. The summed E-state index contributed by atoms with van der Waals surface area (Å²) < 4.78 is 0. The van der Waals surface area contributed by atoms with Gasteiger partial charge in [-0.1, -0.05) is 0 Å². The van der Waals surface area contributed by atoms with E-state index in [1.165, 1.54) is 0 Å². The third-order valence-corrected chi connectivity index (χ3v) is 2.22. The molecule has 0 bridgehead atoms. The zero-order chi connectivity index (χ0) is 23.1. The molecule has 4 aliphatic carbocycles. The Bertz CT molecular complexity index is 212. The molecule has 0 aromatic carbocycles. The van der Waals surface area contributed by atoms with Crippen LogP contribution >= 0.6 is 0 Å². The minimum Gasteiger partial charge on any atom is -0.391 e. The van der Waals surface area contributed by atoms with Crippen molar-refractivity contribution in [1.82, 2.24) is 0 Å². The molecular weight excluding hydrogens is 472 g/mol. The van der Waals surface area contributed by atoms with E-state index in [9.17, 15) is 0 Å². The third-order valence-electron chi connectivity index (χ3n) is 2.22. The van der Waals surface area contributed by atoms with Crippen molar-refractivity contribution in [3.8, 4) is 0 Å². The Morgan fingerprint density at radius 3 is 0.344 bits per heavy atom. The van der Waals surface area contributed by atoms with Crippen LogP contribution in [-0.2, 0) is 34.7 Å². The third kappa shape index (κ3) is 63.3. The smallest absolute Gasteiger partial charge is 0.0563 e. The quantitative estimate of drug-likeness (QED) is 0.441. The Morgan fingerprint density at radius 2 is 0.312 bits per heavy atom. The first-order valence-corrected chi connectivity index (χ1v) is 10.1. The average molecular weight is 513 g/mol. The Balaban J connectivity index is -0.000000145. The number of hydrogen-bond donors (Lipinski definition) is 2. The maximum Gasteiger partial charge on any atom is 0.0563 e. The summed E-state index contributed by atoms with van der Waals surface area (Å²) in [5.41, 5.74) is -1.00. The topological polar surface area (TPSA) is 40.5 Å². The zero-order valence-corrected chi connectivity index (χ0v) is 22.8. The molecule has 0 unspecified atom stereocenters. The van der Waals surface area contributed by atoms with Crippen molar-refractivity contribution < 1.29 is 44.9 Å². The minimum absolute atomic E-state index is 0. The van der Waals surface area contributed by atoms with Crippen LogP contribution < -0.4 is 0 Å². The van der Waals surface area contributed by atoms with E-state index in [4.69, 9.17) is 10.2 Å². The summed E-state index contributed by atoms with van der Waals surface area (Å²) in [5.74, 6) is 0. The van der Waals surface area contributed by atoms with Gasteiger partial charge in [-0.2, -0.15) is 0 Å². The van der Waals surface area contributed by atoms with Crippen LogP contribution in [0.1, 0.15) is 41.5 Å². The molecule has 4 heteroatoms. The van der Waals surface area contributed by atoms with E-state index in [1.807, 2.05) is 128 Å². The van der Waals surface area contributed by atoms with Crippen LogP contribution in [0.25, 0.3) is 0 Å². The van der Waals surface area contributed by atoms with Gasteiger partial charge in [-0.05, 0) is 170 Å². The molecule has 0 aliphatic heterocycles. The summed E-state index contributed by atoms with van der Waals surface area (Å²) in [5, 5.41) is 17.0. The van der Waals surface area contributed by atoms with Gasteiger partial charge in [0, 0.05) is 34.7 Å². The fraction of sp³-hybridized carbons (Fsp3) is 0.286. The predicted octanol–water partition coefficient (Wildman–Crippen LogP) is 5.64. The molecule has 2 N–H and O–H groups in total. The molecule has 20 radical (unpaired) electrons. The van der Waals surface area contributed by atoms with Crippen LogP contribution in [0.5, 0.6) is 0 Å². The van der Waals surface area contributed by atoms with Crippen molar-refractivity contribution in [3.63, 3.8) is 0 Å². The summed E-state index contributed by atoms with van der Waals surface area (Å²) in [7, 11) is 0. The number of aliphatic hydroxyl groups is 2. The van der Waals surface area contributed by atoms with Crippen LogP contribution in [0.4, 0.5) is 0 Å². The van der Waals surface area contributed by atoms with Gasteiger partial charge in [0.15, 0.2) is 0 Å². The summed E-state index contributed by atoms with van der Waals surface area (Å²) in [6.45, 7) is 10.5. The molecule has 0 heterocycles. The van der Waals surface area contributed by atoms with Crippen molar-refractivity contribution in [1.29, 1.82) is 0 Å². The minimum atomic E-state index is -0.500. The molecule has 0 spiro atoms. The molecule has 32 heavy (non-hydrogen) atoms. The van der Waals surface area contributed by atoms with Crippen molar-refractivity contribution >= 4 is 0 Å². The van der Waals surface area contributed by atoms with Crippen LogP contribution in [0.2, 0.25) is 0 Å². The molecule has 0 saturated heterocycles. The Hall–Kier alpha value is 0.985. The first-order chi connectivity index (χ1) is 14.0. The predicted molar refractivity (Wildman–Crippen MR) is 130 cm³/mol. The fourth-order valence-corrected chi connectivity index (χ4v) is 1.28. The summed E-state index contributed by atoms with van der Waals surface area (Å²) in [6, 6.07) is 0.